The largest absolute Gasteiger partial charge is 0.371 e. The monoisotopic (exact) mass is 229 g/mol. The highest BCUT2D eigenvalue weighted by Crippen LogP contribution is 2.40. The molecule has 0 bridgehead atoms. The van der Waals surface area contributed by atoms with Gasteiger partial charge in [-0.3, -0.25) is 0 Å². The molecule has 91 valence electrons. The Hall–Kier alpha value is -1.02. The molecule has 2 fully saturated rings. The van der Waals surface area contributed by atoms with Gasteiger partial charge in [0.1, 0.15) is 0 Å². The van der Waals surface area contributed by atoms with E-state index in [-0.39, 0.29) is 0 Å². The molecule has 2 nitrogen and oxygen atoms in total. The zero-order valence-corrected chi connectivity index (χ0v) is 10.4. The molecule has 2 saturated heterocycles. The van der Waals surface area contributed by atoms with Gasteiger partial charge in [-0.15, -0.1) is 0 Å². The van der Waals surface area contributed by atoms with Crippen molar-refractivity contribution in [2.75, 3.05) is 31.1 Å². The third kappa shape index (κ3) is 2.32. The van der Waals surface area contributed by atoms with Crippen LogP contribution in [0.15, 0.2) is 24.3 Å². The zero-order chi connectivity index (χ0) is 11.6. The zero-order valence-electron chi connectivity index (χ0n) is 10.4. The molecule has 2 heteroatoms. The molecule has 17 heavy (non-hydrogen) atoms. The Kier molecular flexibility index (Phi) is 3.06. The average molecular weight is 229 g/mol. The van der Waals surface area contributed by atoms with Crippen molar-refractivity contribution in [3.63, 3.8) is 0 Å². The molecule has 1 N–H and O–H groups in total. The Morgan fingerprint density at radius 3 is 2.29 bits per heavy atom. The third-order valence-electron chi connectivity index (χ3n) is 4.55. The normalized spacial score (nSPS) is 23.9. The van der Waals surface area contributed by atoms with Crippen molar-refractivity contribution >= 4 is 5.69 Å². The summed E-state index contributed by atoms with van der Waals surface area (Å²) in [5, 5.41) is 3.48. The molecule has 1 aromatic carbocycles. The number of anilines is 1. The van der Waals surface area contributed by atoms with Crippen LogP contribution in [0.2, 0.25) is 0 Å². The van der Waals surface area contributed by atoms with Crippen LogP contribution in [-0.2, 0) is 0 Å². The Bertz CT molecular complexity index is 344. The average Bonchev–Trinajstić information content (AvgIpc) is 2.42. The summed E-state index contributed by atoms with van der Waals surface area (Å²) >= 11 is 0. The molecular weight excluding hydrogens is 208 g/mol. The first-order valence-electron chi connectivity index (χ1n) is 6.80. The van der Waals surface area contributed by atoms with Crippen molar-refractivity contribution in [2.45, 2.75) is 25.7 Å². The summed E-state index contributed by atoms with van der Waals surface area (Å²) in [6.07, 6.45) is 5.49. The van der Waals surface area contributed by atoms with Crippen LogP contribution in [0.25, 0.3) is 0 Å². The SMILES string of the molecule is [c]1ccc(N2CCC3(CCNCC3)CC2)cc1. The number of nitrogens with zero attached hydrogens (tertiary/aromatic N) is 1. The van der Waals surface area contributed by atoms with Crippen molar-refractivity contribution in [1.82, 2.24) is 5.32 Å². The second-order valence-electron chi connectivity index (χ2n) is 5.50. The molecule has 1 aromatic rings. The first-order chi connectivity index (χ1) is 8.38. The van der Waals surface area contributed by atoms with Gasteiger partial charge >= 0.3 is 0 Å². The molecule has 1 radical (unpaired) electrons. The van der Waals surface area contributed by atoms with Gasteiger partial charge < -0.3 is 10.2 Å². The van der Waals surface area contributed by atoms with Crippen molar-refractivity contribution in [1.29, 1.82) is 0 Å². The predicted molar refractivity (Wildman–Crippen MR) is 71.3 cm³/mol. The van der Waals surface area contributed by atoms with Crippen LogP contribution in [0.5, 0.6) is 0 Å². The van der Waals surface area contributed by atoms with Gasteiger partial charge in [-0.1, -0.05) is 12.1 Å². The molecule has 0 atom stereocenters. The van der Waals surface area contributed by atoms with Gasteiger partial charge in [-0.25, -0.2) is 0 Å². The number of hydrogen-bond acceptors (Lipinski definition) is 2. The Labute approximate surface area is 104 Å². The minimum Gasteiger partial charge on any atom is -0.371 e. The van der Waals surface area contributed by atoms with Crippen LogP contribution in [0.1, 0.15) is 25.7 Å². The number of nitrogens with one attached hydrogen (secondary N) is 1. The third-order valence-corrected chi connectivity index (χ3v) is 4.55. The Morgan fingerprint density at radius 1 is 1.00 bits per heavy atom. The van der Waals surface area contributed by atoms with Crippen molar-refractivity contribution in [2.24, 2.45) is 5.41 Å². The maximum Gasteiger partial charge on any atom is 0.0366 e. The van der Waals surface area contributed by atoms with Crippen LogP contribution in [0.3, 0.4) is 0 Å². The molecule has 0 saturated carbocycles. The highest BCUT2D eigenvalue weighted by atomic mass is 15.1. The van der Waals surface area contributed by atoms with E-state index in [0.717, 1.165) is 0 Å². The van der Waals surface area contributed by atoms with E-state index >= 15 is 0 Å². The lowest BCUT2D eigenvalue weighted by atomic mass is 9.71. The molecular formula is C15H21N2. The van der Waals surface area contributed by atoms with Crippen LogP contribution in [0, 0.1) is 11.5 Å². The van der Waals surface area contributed by atoms with E-state index in [2.05, 4.69) is 28.4 Å². The van der Waals surface area contributed by atoms with E-state index in [4.69, 9.17) is 0 Å². The maximum atomic E-state index is 3.48. The highest BCUT2D eigenvalue weighted by Gasteiger charge is 2.35. The van der Waals surface area contributed by atoms with Crippen LogP contribution in [-0.4, -0.2) is 26.2 Å². The summed E-state index contributed by atoms with van der Waals surface area (Å²) in [5.74, 6) is 0. The fraction of sp³-hybridized carbons (Fsp3) is 0.600. The highest BCUT2D eigenvalue weighted by molar-refractivity contribution is 5.46. The predicted octanol–water partition coefficient (Wildman–Crippen LogP) is 2.46. The van der Waals surface area contributed by atoms with Crippen molar-refractivity contribution < 1.29 is 0 Å². The van der Waals surface area contributed by atoms with Gasteiger partial charge in [0, 0.05) is 18.8 Å². The minimum absolute atomic E-state index is 0.655. The molecule has 0 amide bonds. The topological polar surface area (TPSA) is 15.3 Å². The molecule has 0 aliphatic carbocycles. The summed E-state index contributed by atoms with van der Waals surface area (Å²) in [7, 11) is 0. The summed E-state index contributed by atoms with van der Waals surface area (Å²) in [6.45, 7) is 4.90. The molecule has 2 heterocycles. The van der Waals surface area contributed by atoms with Crippen molar-refractivity contribution in [3.05, 3.63) is 30.3 Å². The fourth-order valence-corrected chi connectivity index (χ4v) is 3.29. The van der Waals surface area contributed by atoms with Crippen molar-refractivity contribution in [3.8, 4) is 0 Å². The second-order valence-corrected chi connectivity index (χ2v) is 5.50. The molecule has 3 rings (SSSR count). The maximum absolute atomic E-state index is 3.48. The van der Waals surface area contributed by atoms with Crippen LogP contribution >= 0.6 is 0 Å². The number of piperidine rings is 2. The molecule has 0 aromatic heterocycles. The summed E-state index contributed by atoms with van der Waals surface area (Å²) in [5.41, 5.74) is 2.02. The molecule has 0 unspecified atom stereocenters. The lowest BCUT2D eigenvalue weighted by Gasteiger charge is -2.45. The van der Waals surface area contributed by atoms with Gasteiger partial charge in [0.15, 0.2) is 0 Å². The lowest BCUT2D eigenvalue weighted by molar-refractivity contribution is 0.155. The summed E-state index contributed by atoms with van der Waals surface area (Å²) in [4.78, 5) is 2.53. The lowest BCUT2D eigenvalue weighted by Crippen LogP contribution is -2.45. The molecule has 2 aliphatic heterocycles. The van der Waals surface area contributed by atoms with Gasteiger partial charge in [-0.2, -0.15) is 0 Å². The van der Waals surface area contributed by atoms with E-state index < -0.39 is 0 Å². The van der Waals surface area contributed by atoms with Gasteiger partial charge in [0.25, 0.3) is 0 Å². The van der Waals surface area contributed by atoms with E-state index in [1.54, 1.807) is 0 Å². The molecule has 2 aliphatic rings. The smallest absolute Gasteiger partial charge is 0.0366 e. The number of hydrogen-bond donors (Lipinski definition) is 1. The Balaban J connectivity index is 1.64. The van der Waals surface area contributed by atoms with Gasteiger partial charge in [0.2, 0.25) is 0 Å². The van der Waals surface area contributed by atoms with Gasteiger partial charge in [0.05, 0.1) is 0 Å². The van der Waals surface area contributed by atoms with Gasteiger partial charge in [-0.05, 0) is 62.4 Å². The quantitative estimate of drug-likeness (QED) is 0.796. The first-order valence-corrected chi connectivity index (χ1v) is 6.80. The minimum atomic E-state index is 0.655. The fourth-order valence-electron chi connectivity index (χ4n) is 3.29. The summed E-state index contributed by atoms with van der Waals surface area (Å²) < 4.78 is 0. The second kappa shape index (κ2) is 4.69. The molecule has 1 spiro atoms. The standard InChI is InChI=1S/C15H21N2/c1-2-4-14(5-3-1)17-12-8-15(9-13-17)6-10-16-11-7-15/h2-5,16H,6-13H2. The number of benzene rings is 1. The first kappa shape index (κ1) is 11.1. The van der Waals surface area contributed by atoms with Crippen LogP contribution in [0.4, 0.5) is 5.69 Å². The van der Waals surface area contributed by atoms with E-state index in [9.17, 15) is 0 Å². The van der Waals surface area contributed by atoms with Crippen LogP contribution < -0.4 is 10.2 Å². The number of rotatable bonds is 1. The summed E-state index contributed by atoms with van der Waals surface area (Å²) in [6, 6.07) is 11.5. The van der Waals surface area contributed by atoms with E-state index in [0.29, 0.717) is 5.41 Å². The van der Waals surface area contributed by atoms with E-state index in [1.807, 2.05) is 12.1 Å². The Morgan fingerprint density at radius 2 is 1.65 bits per heavy atom. The van der Waals surface area contributed by atoms with E-state index in [1.165, 1.54) is 57.5 Å².